The second-order valence-corrected chi connectivity index (χ2v) is 9.06. The second-order valence-electron chi connectivity index (χ2n) is 8.62. The Bertz CT molecular complexity index is 1530. The minimum absolute atomic E-state index is 0.170. The topological polar surface area (TPSA) is 111 Å². The van der Waals surface area contributed by atoms with E-state index in [4.69, 9.17) is 21.1 Å². The molecule has 204 valence electrons. The van der Waals surface area contributed by atoms with E-state index in [1.807, 2.05) is 12.1 Å². The SMILES string of the molecule is C=CCc1cc(/C=C2\C(=O)NC(=O)N(c3ccc(C(=O)OC)cc3)C2=O)cc(OC)c1OCc1cccc(Cl)c1. The van der Waals surface area contributed by atoms with Gasteiger partial charge in [0.05, 0.1) is 25.5 Å². The predicted molar refractivity (Wildman–Crippen MR) is 149 cm³/mol. The van der Waals surface area contributed by atoms with Crippen molar-refractivity contribution in [2.75, 3.05) is 19.1 Å². The van der Waals surface area contributed by atoms with Gasteiger partial charge in [-0.1, -0.05) is 29.8 Å². The molecule has 0 spiro atoms. The molecule has 4 amide bonds. The summed E-state index contributed by atoms with van der Waals surface area (Å²) in [6.07, 6.45) is 3.47. The molecule has 0 radical (unpaired) electrons. The molecular weight excluding hydrogens is 536 g/mol. The number of barbiturate groups is 1. The van der Waals surface area contributed by atoms with Gasteiger partial charge in [0, 0.05) is 10.6 Å². The van der Waals surface area contributed by atoms with Crippen LogP contribution in [-0.4, -0.2) is 38.0 Å². The van der Waals surface area contributed by atoms with Crippen LogP contribution in [0.1, 0.15) is 27.0 Å². The number of carbonyl (C=O) groups excluding carboxylic acids is 4. The lowest BCUT2D eigenvalue weighted by Gasteiger charge is -2.26. The molecule has 10 heteroatoms. The van der Waals surface area contributed by atoms with Crippen LogP contribution in [-0.2, 0) is 27.4 Å². The van der Waals surface area contributed by atoms with Crippen LogP contribution < -0.4 is 19.7 Å². The zero-order valence-electron chi connectivity index (χ0n) is 21.7. The quantitative estimate of drug-likeness (QED) is 0.167. The highest BCUT2D eigenvalue weighted by molar-refractivity contribution is 6.39. The molecule has 0 saturated carbocycles. The maximum atomic E-state index is 13.3. The number of ether oxygens (including phenoxy) is 3. The second kappa shape index (κ2) is 12.3. The Morgan fingerprint density at radius 2 is 1.80 bits per heavy atom. The lowest BCUT2D eigenvalue weighted by Crippen LogP contribution is -2.54. The number of amides is 4. The predicted octanol–water partition coefficient (Wildman–Crippen LogP) is 5.11. The standard InChI is InChI=1S/C30H25ClN2O7/c1-4-6-21-13-19(16-25(38-2)26(21)40-17-18-7-5-8-22(31)14-18)15-24-27(34)32-30(37)33(28(24)35)23-11-9-20(10-12-23)29(36)39-3/h4-5,7-16H,1,6,17H2,2-3H3,(H,32,34,37)/b24-15+. The highest BCUT2D eigenvalue weighted by Gasteiger charge is 2.37. The molecule has 1 aliphatic heterocycles. The lowest BCUT2D eigenvalue weighted by atomic mass is 10.0. The van der Waals surface area contributed by atoms with Crippen LogP contribution in [0.15, 0.2) is 78.9 Å². The van der Waals surface area contributed by atoms with E-state index >= 15 is 0 Å². The van der Waals surface area contributed by atoms with Crippen LogP contribution in [0.2, 0.25) is 5.02 Å². The van der Waals surface area contributed by atoms with E-state index in [0.29, 0.717) is 34.1 Å². The number of esters is 1. The molecule has 0 aliphatic carbocycles. The average molecular weight is 561 g/mol. The fraction of sp³-hybridized carbons (Fsp3) is 0.133. The fourth-order valence-corrected chi connectivity index (χ4v) is 4.31. The van der Waals surface area contributed by atoms with Crippen LogP contribution in [0.4, 0.5) is 10.5 Å². The Hall–Kier alpha value is -4.89. The Kier molecular flexibility index (Phi) is 8.66. The molecule has 0 bridgehead atoms. The molecule has 1 fully saturated rings. The molecule has 0 atom stereocenters. The molecule has 1 aliphatic rings. The third kappa shape index (κ3) is 6.05. The molecular formula is C30H25ClN2O7. The number of urea groups is 1. The average Bonchev–Trinajstić information content (AvgIpc) is 2.94. The van der Waals surface area contributed by atoms with Gasteiger partial charge in [-0.05, 0) is 72.2 Å². The van der Waals surface area contributed by atoms with Crippen molar-refractivity contribution in [3.05, 3.63) is 106 Å². The van der Waals surface area contributed by atoms with Gasteiger partial charge in [-0.25, -0.2) is 14.5 Å². The number of allylic oxidation sites excluding steroid dienone is 1. The first kappa shape index (κ1) is 28.1. The van der Waals surface area contributed by atoms with Gasteiger partial charge in [-0.15, -0.1) is 6.58 Å². The minimum Gasteiger partial charge on any atom is -0.493 e. The fourth-order valence-electron chi connectivity index (χ4n) is 4.09. The van der Waals surface area contributed by atoms with Crippen molar-refractivity contribution in [1.29, 1.82) is 0 Å². The molecule has 3 aromatic rings. The van der Waals surface area contributed by atoms with Gasteiger partial charge >= 0.3 is 12.0 Å². The van der Waals surface area contributed by atoms with Crippen molar-refractivity contribution in [3.63, 3.8) is 0 Å². The van der Waals surface area contributed by atoms with Crippen LogP contribution in [0.3, 0.4) is 0 Å². The van der Waals surface area contributed by atoms with E-state index in [2.05, 4.69) is 16.6 Å². The van der Waals surface area contributed by atoms with Crippen molar-refractivity contribution in [3.8, 4) is 11.5 Å². The van der Waals surface area contributed by atoms with Crippen LogP contribution in [0.25, 0.3) is 6.08 Å². The van der Waals surface area contributed by atoms with Gasteiger partial charge in [-0.2, -0.15) is 0 Å². The number of nitrogens with zero attached hydrogens (tertiary/aromatic N) is 1. The molecule has 0 aromatic heterocycles. The summed E-state index contributed by atoms with van der Waals surface area (Å²) < 4.78 is 16.3. The van der Waals surface area contributed by atoms with E-state index in [0.717, 1.165) is 10.5 Å². The first-order valence-electron chi connectivity index (χ1n) is 12.0. The molecule has 3 aromatic carbocycles. The molecule has 9 nitrogen and oxygen atoms in total. The Morgan fingerprint density at radius 1 is 1.05 bits per heavy atom. The summed E-state index contributed by atoms with van der Waals surface area (Å²) in [4.78, 5) is 51.2. The Labute approximate surface area is 235 Å². The zero-order valence-corrected chi connectivity index (χ0v) is 22.5. The van der Waals surface area contributed by atoms with E-state index in [1.165, 1.54) is 44.6 Å². The molecule has 4 rings (SSSR count). The summed E-state index contributed by atoms with van der Waals surface area (Å²) in [6.45, 7) is 4.04. The van der Waals surface area contributed by atoms with E-state index < -0.39 is 23.8 Å². The van der Waals surface area contributed by atoms with Crippen molar-refractivity contribution in [2.24, 2.45) is 0 Å². The van der Waals surface area contributed by atoms with E-state index in [-0.39, 0.29) is 23.4 Å². The van der Waals surface area contributed by atoms with Gasteiger partial charge in [0.25, 0.3) is 11.8 Å². The Morgan fingerprint density at radius 3 is 2.45 bits per heavy atom. The van der Waals surface area contributed by atoms with Crippen LogP contribution in [0, 0.1) is 0 Å². The van der Waals surface area contributed by atoms with Crippen molar-refractivity contribution < 1.29 is 33.4 Å². The summed E-state index contributed by atoms with van der Waals surface area (Å²) in [5, 5.41) is 2.77. The van der Waals surface area contributed by atoms with E-state index in [1.54, 1.807) is 30.3 Å². The van der Waals surface area contributed by atoms with Gasteiger partial charge in [-0.3, -0.25) is 14.9 Å². The van der Waals surface area contributed by atoms with Crippen molar-refractivity contribution >= 4 is 47.2 Å². The summed E-state index contributed by atoms with van der Waals surface area (Å²) in [6, 6.07) is 15.4. The molecule has 0 unspecified atom stereocenters. The number of benzene rings is 3. The summed E-state index contributed by atoms with van der Waals surface area (Å²) in [7, 11) is 2.72. The summed E-state index contributed by atoms with van der Waals surface area (Å²) >= 11 is 6.08. The van der Waals surface area contributed by atoms with Crippen LogP contribution >= 0.6 is 11.6 Å². The maximum absolute atomic E-state index is 13.3. The van der Waals surface area contributed by atoms with Gasteiger partial charge in [0.1, 0.15) is 12.2 Å². The van der Waals surface area contributed by atoms with E-state index in [9.17, 15) is 19.2 Å². The number of anilines is 1. The number of imide groups is 2. The number of hydrogen-bond acceptors (Lipinski definition) is 7. The third-order valence-corrected chi connectivity index (χ3v) is 6.20. The third-order valence-electron chi connectivity index (χ3n) is 5.97. The molecule has 1 heterocycles. The number of methoxy groups -OCH3 is 2. The largest absolute Gasteiger partial charge is 0.493 e. The lowest BCUT2D eigenvalue weighted by molar-refractivity contribution is -0.122. The van der Waals surface area contributed by atoms with Crippen molar-refractivity contribution in [2.45, 2.75) is 13.0 Å². The number of carbonyl (C=O) groups is 4. The molecule has 40 heavy (non-hydrogen) atoms. The maximum Gasteiger partial charge on any atom is 0.337 e. The molecule has 1 saturated heterocycles. The van der Waals surface area contributed by atoms with Gasteiger partial charge in [0.2, 0.25) is 0 Å². The normalized spacial score (nSPS) is 14.1. The number of hydrogen-bond donors (Lipinski definition) is 1. The highest BCUT2D eigenvalue weighted by atomic mass is 35.5. The van der Waals surface area contributed by atoms with Crippen molar-refractivity contribution in [1.82, 2.24) is 5.32 Å². The monoisotopic (exact) mass is 560 g/mol. The first-order valence-corrected chi connectivity index (χ1v) is 12.4. The number of halogens is 1. The highest BCUT2D eigenvalue weighted by Crippen LogP contribution is 2.35. The Balaban J connectivity index is 1.67. The van der Waals surface area contributed by atoms with Crippen LogP contribution in [0.5, 0.6) is 11.5 Å². The number of nitrogens with one attached hydrogen (secondary N) is 1. The summed E-state index contributed by atoms with van der Waals surface area (Å²) in [5.74, 6) is -1.39. The smallest absolute Gasteiger partial charge is 0.337 e. The first-order chi connectivity index (χ1) is 19.2. The minimum atomic E-state index is -0.910. The molecule has 1 N–H and O–H groups in total. The number of rotatable bonds is 9. The van der Waals surface area contributed by atoms with Gasteiger partial charge < -0.3 is 14.2 Å². The van der Waals surface area contributed by atoms with Gasteiger partial charge in [0.15, 0.2) is 11.5 Å². The zero-order chi connectivity index (χ0) is 28.8. The summed E-state index contributed by atoms with van der Waals surface area (Å²) in [5.41, 5.74) is 2.18.